The monoisotopic (exact) mass is 449 g/mol. The molecule has 0 aliphatic carbocycles. The topological polar surface area (TPSA) is 108 Å². The number of aromatic amines is 1. The number of ether oxygens (including phenoxy) is 1. The summed E-state index contributed by atoms with van der Waals surface area (Å²) in [6.45, 7) is 2.24. The summed E-state index contributed by atoms with van der Waals surface area (Å²) in [7, 11) is 1.62. The summed E-state index contributed by atoms with van der Waals surface area (Å²) in [4.78, 5) is 30.6. The number of hydrogen-bond donors (Lipinski definition) is 3. The predicted molar refractivity (Wildman–Crippen MR) is 126 cm³/mol. The highest BCUT2D eigenvalue weighted by Gasteiger charge is 2.19. The minimum atomic E-state index is -0.0655. The third-order valence-electron chi connectivity index (χ3n) is 5.44. The Bertz CT molecular complexity index is 1300. The molecule has 1 aliphatic heterocycles. The van der Waals surface area contributed by atoms with Crippen LogP contribution in [0.1, 0.15) is 12.1 Å². The molecule has 10 heteroatoms. The second kappa shape index (κ2) is 8.93. The van der Waals surface area contributed by atoms with Crippen molar-refractivity contribution in [3.8, 4) is 0 Å². The Morgan fingerprint density at radius 1 is 1.28 bits per heavy atom. The number of nitrogens with one attached hydrogen (secondary N) is 3. The van der Waals surface area contributed by atoms with Gasteiger partial charge in [-0.1, -0.05) is 6.08 Å². The van der Waals surface area contributed by atoms with Crippen LogP contribution in [0.5, 0.6) is 0 Å². The fraction of sp³-hybridized carbons (Fsp3) is 0.273. The maximum Gasteiger partial charge on any atom is 0.317 e. The van der Waals surface area contributed by atoms with Crippen LogP contribution in [-0.4, -0.2) is 64.2 Å². The van der Waals surface area contributed by atoms with E-state index in [1.165, 1.54) is 5.57 Å². The number of rotatable bonds is 6. The Morgan fingerprint density at radius 3 is 3.06 bits per heavy atom. The van der Waals surface area contributed by atoms with Gasteiger partial charge in [0.25, 0.3) is 0 Å². The average Bonchev–Trinajstić information content (AvgIpc) is 3.46. The SMILES string of the molecule is COCCNC(=O)N1CC=C(c2cc3c(Nc4ccc5ncsc5c4)ncnc3[nH]2)CC1. The first-order valence-corrected chi connectivity index (χ1v) is 11.2. The number of fused-ring (bicyclic) bond motifs is 2. The molecule has 5 rings (SSSR count). The summed E-state index contributed by atoms with van der Waals surface area (Å²) >= 11 is 1.61. The van der Waals surface area contributed by atoms with Gasteiger partial charge >= 0.3 is 6.03 Å². The van der Waals surface area contributed by atoms with E-state index in [-0.39, 0.29) is 6.03 Å². The van der Waals surface area contributed by atoms with Crippen molar-refractivity contribution in [2.24, 2.45) is 0 Å². The highest BCUT2D eigenvalue weighted by molar-refractivity contribution is 7.16. The zero-order valence-electron chi connectivity index (χ0n) is 17.6. The number of nitrogens with zero attached hydrogens (tertiary/aromatic N) is 4. The number of benzene rings is 1. The average molecular weight is 450 g/mol. The van der Waals surface area contributed by atoms with Crippen LogP contribution < -0.4 is 10.6 Å². The van der Waals surface area contributed by atoms with E-state index in [9.17, 15) is 4.79 Å². The van der Waals surface area contributed by atoms with Crippen molar-refractivity contribution in [3.05, 3.63) is 47.9 Å². The largest absolute Gasteiger partial charge is 0.383 e. The lowest BCUT2D eigenvalue weighted by Gasteiger charge is -2.26. The normalized spacial score (nSPS) is 14.0. The number of hydrogen-bond acceptors (Lipinski definition) is 7. The van der Waals surface area contributed by atoms with Gasteiger partial charge in [0, 0.05) is 38.1 Å². The number of amides is 2. The van der Waals surface area contributed by atoms with Gasteiger partial charge < -0.3 is 25.3 Å². The van der Waals surface area contributed by atoms with E-state index >= 15 is 0 Å². The van der Waals surface area contributed by atoms with Crippen LogP contribution in [0.25, 0.3) is 26.8 Å². The molecule has 0 saturated heterocycles. The Labute approximate surface area is 188 Å². The molecule has 1 aromatic carbocycles. The van der Waals surface area contributed by atoms with Gasteiger partial charge in [-0.2, -0.15) is 0 Å². The van der Waals surface area contributed by atoms with E-state index in [0.717, 1.165) is 44.9 Å². The van der Waals surface area contributed by atoms with Crippen LogP contribution in [0, 0.1) is 0 Å². The van der Waals surface area contributed by atoms with Crippen molar-refractivity contribution in [1.29, 1.82) is 0 Å². The number of anilines is 2. The predicted octanol–water partition coefficient (Wildman–Crippen LogP) is 3.76. The van der Waals surface area contributed by atoms with Crippen LogP contribution >= 0.6 is 11.3 Å². The number of aromatic nitrogens is 4. The molecule has 0 bridgehead atoms. The molecule has 1 aliphatic rings. The van der Waals surface area contributed by atoms with E-state index in [1.54, 1.807) is 29.7 Å². The molecule has 0 spiro atoms. The van der Waals surface area contributed by atoms with Crippen LogP contribution in [-0.2, 0) is 4.74 Å². The maximum absolute atomic E-state index is 12.2. The molecular weight excluding hydrogens is 426 g/mol. The molecule has 3 N–H and O–H groups in total. The van der Waals surface area contributed by atoms with Gasteiger partial charge in [-0.25, -0.2) is 19.7 Å². The van der Waals surface area contributed by atoms with Crippen molar-refractivity contribution in [1.82, 2.24) is 30.2 Å². The molecule has 0 unspecified atom stereocenters. The van der Waals surface area contributed by atoms with Gasteiger partial charge in [-0.05, 0) is 36.3 Å². The first kappa shape index (κ1) is 20.4. The highest BCUT2D eigenvalue weighted by Crippen LogP contribution is 2.30. The summed E-state index contributed by atoms with van der Waals surface area (Å²) in [6.07, 6.45) is 4.41. The third-order valence-corrected chi connectivity index (χ3v) is 6.24. The number of thiazole rings is 1. The Balaban J connectivity index is 1.33. The molecule has 0 fully saturated rings. The Morgan fingerprint density at radius 2 is 2.22 bits per heavy atom. The fourth-order valence-corrected chi connectivity index (χ4v) is 4.47. The number of carbonyl (C=O) groups excluding carboxylic acids is 1. The van der Waals surface area contributed by atoms with E-state index in [1.807, 2.05) is 17.6 Å². The highest BCUT2D eigenvalue weighted by atomic mass is 32.1. The fourth-order valence-electron chi connectivity index (χ4n) is 3.75. The van der Waals surface area contributed by atoms with Crippen LogP contribution in [0.15, 0.2) is 42.2 Å². The molecule has 4 heterocycles. The number of carbonyl (C=O) groups is 1. The van der Waals surface area contributed by atoms with Gasteiger partial charge in [0.05, 0.1) is 27.7 Å². The summed E-state index contributed by atoms with van der Waals surface area (Å²) in [5, 5.41) is 7.20. The second-order valence-electron chi connectivity index (χ2n) is 7.48. The van der Waals surface area contributed by atoms with Gasteiger partial charge in [0.2, 0.25) is 0 Å². The van der Waals surface area contributed by atoms with E-state index in [4.69, 9.17) is 4.74 Å². The van der Waals surface area contributed by atoms with E-state index in [2.05, 4.69) is 48.8 Å². The minimum Gasteiger partial charge on any atom is -0.383 e. The Hall–Kier alpha value is -3.50. The van der Waals surface area contributed by atoms with E-state index < -0.39 is 0 Å². The molecule has 4 aromatic rings. The van der Waals surface area contributed by atoms with Crippen LogP contribution in [0.4, 0.5) is 16.3 Å². The van der Waals surface area contributed by atoms with Gasteiger partial charge in [-0.15, -0.1) is 11.3 Å². The first-order chi connectivity index (χ1) is 15.7. The van der Waals surface area contributed by atoms with E-state index in [0.29, 0.717) is 26.2 Å². The first-order valence-electron chi connectivity index (χ1n) is 10.4. The molecule has 164 valence electrons. The van der Waals surface area contributed by atoms with Gasteiger partial charge in [0.1, 0.15) is 17.8 Å². The van der Waals surface area contributed by atoms with Crippen molar-refractivity contribution in [3.63, 3.8) is 0 Å². The summed E-state index contributed by atoms with van der Waals surface area (Å²) in [5.41, 5.74) is 6.73. The number of urea groups is 1. The Kier molecular flexibility index (Phi) is 5.70. The van der Waals surface area contributed by atoms with Gasteiger partial charge in [-0.3, -0.25) is 0 Å². The molecular formula is C22H23N7O2S. The molecule has 9 nitrogen and oxygen atoms in total. The maximum atomic E-state index is 12.2. The van der Waals surface area contributed by atoms with Crippen LogP contribution in [0.3, 0.4) is 0 Å². The molecule has 32 heavy (non-hydrogen) atoms. The quantitative estimate of drug-likeness (QED) is 0.387. The van der Waals surface area contributed by atoms with Crippen molar-refractivity contribution < 1.29 is 9.53 Å². The van der Waals surface area contributed by atoms with Gasteiger partial charge in [0.15, 0.2) is 0 Å². The molecule has 0 atom stereocenters. The molecule has 3 aromatic heterocycles. The lowest BCUT2D eigenvalue weighted by Crippen LogP contribution is -2.43. The lowest BCUT2D eigenvalue weighted by atomic mass is 10.1. The van der Waals surface area contributed by atoms with Crippen molar-refractivity contribution >= 4 is 55.7 Å². The third kappa shape index (κ3) is 4.14. The number of methoxy groups -OCH3 is 1. The summed E-state index contributed by atoms with van der Waals surface area (Å²) in [6, 6.07) is 8.08. The zero-order chi connectivity index (χ0) is 21.9. The van der Waals surface area contributed by atoms with Crippen molar-refractivity contribution in [2.75, 3.05) is 38.7 Å². The number of H-pyrrole nitrogens is 1. The molecule has 0 saturated carbocycles. The van der Waals surface area contributed by atoms with Crippen LogP contribution in [0.2, 0.25) is 0 Å². The molecule has 0 radical (unpaired) electrons. The second-order valence-corrected chi connectivity index (χ2v) is 8.36. The minimum absolute atomic E-state index is 0.0655. The zero-order valence-corrected chi connectivity index (χ0v) is 18.4. The molecule has 2 amide bonds. The lowest BCUT2D eigenvalue weighted by molar-refractivity contribution is 0.182. The summed E-state index contributed by atoms with van der Waals surface area (Å²) < 4.78 is 6.10. The smallest absolute Gasteiger partial charge is 0.317 e. The standard InChI is InChI=1S/C22H23N7O2S/c1-31-9-6-23-22(30)29-7-4-14(5-8-29)18-11-16-20(24-12-25-21(16)28-18)27-15-2-3-17-19(10-15)32-13-26-17/h2-4,10-13H,5-9H2,1H3,(H,23,30)(H2,24,25,27,28). The van der Waals surface area contributed by atoms with Crippen molar-refractivity contribution in [2.45, 2.75) is 6.42 Å². The summed E-state index contributed by atoms with van der Waals surface area (Å²) in [5.74, 6) is 0.747.